The van der Waals surface area contributed by atoms with Gasteiger partial charge in [-0.2, -0.15) is 0 Å². The second kappa shape index (κ2) is 10.8. The molecule has 3 nitrogen and oxygen atoms in total. The lowest BCUT2D eigenvalue weighted by Crippen LogP contribution is -2.30. The summed E-state index contributed by atoms with van der Waals surface area (Å²) in [6, 6.07) is 9.58. The average Bonchev–Trinajstić information content (AvgIpc) is 2.48. The highest BCUT2D eigenvalue weighted by Crippen LogP contribution is 2.16. The van der Waals surface area contributed by atoms with Gasteiger partial charge in [-0.25, -0.2) is 0 Å². The Morgan fingerprint density at radius 2 is 1.76 bits per heavy atom. The van der Waals surface area contributed by atoms with Crippen LogP contribution in [-0.4, -0.2) is 45.4 Å². The van der Waals surface area contributed by atoms with E-state index in [1.807, 2.05) is 6.07 Å². The molecule has 1 aromatic rings. The summed E-state index contributed by atoms with van der Waals surface area (Å²) in [5, 5.41) is 0. The predicted molar refractivity (Wildman–Crippen MR) is 87.5 cm³/mol. The van der Waals surface area contributed by atoms with Gasteiger partial charge in [0.25, 0.3) is 0 Å². The van der Waals surface area contributed by atoms with Crippen molar-refractivity contribution in [2.45, 2.75) is 33.2 Å². The van der Waals surface area contributed by atoms with Gasteiger partial charge in [0.15, 0.2) is 0 Å². The molecule has 0 unspecified atom stereocenters. The summed E-state index contributed by atoms with van der Waals surface area (Å²) in [6.45, 7) is 8.86. The number of methoxy groups -OCH3 is 2. The molecule has 1 radical (unpaired) electrons. The molecule has 0 N–H and O–H groups in total. The summed E-state index contributed by atoms with van der Waals surface area (Å²) in [4.78, 5) is 2.38. The maximum absolute atomic E-state index is 5.21. The van der Waals surface area contributed by atoms with Crippen LogP contribution in [0.1, 0.15) is 31.4 Å². The van der Waals surface area contributed by atoms with Gasteiger partial charge in [0, 0.05) is 33.9 Å². The van der Waals surface area contributed by atoms with Gasteiger partial charge in [0.1, 0.15) is 0 Å². The Bertz CT molecular complexity index is 371. The molecule has 21 heavy (non-hydrogen) atoms. The number of hydrogen-bond acceptors (Lipinski definition) is 3. The third kappa shape index (κ3) is 7.60. The largest absolute Gasteiger partial charge is 0.383 e. The molecule has 1 rings (SSSR count). The van der Waals surface area contributed by atoms with Gasteiger partial charge in [-0.05, 0) is 42.0 Å². The molecule has 0 aromatic heterocycles. The first-order valence-corrected chi connectivity index (χ1v) is 7.85. The molecule has 0 aliphatic heterocycles. The number of benzene rings is 1. The zero-order valence-electron chi connectivity index (χ0n) is 14.0. The molecule has 119 valence electrons. The quantitative estimate of drug-likeness (QED) is 0.625. The third-order valence-electron chi connectivity index (χ3n) is 3.66. The first-order valence-electron chi connectivity index (χ1n) is 7.85. The second-order valence-electron chi connectivity index (χ2n) is 5.89. The minimum atomic E-state index is 0.736. The van der Waals surface area contributed by atoms with E-state index in [4.69, 9.17) is 9.47 Å². The first kappa shape index (κ1) is 18.1. The normalized spacial score (nSPS) is 11.5. The highest BCUT2D eigenvalue weighted by Gasteiger charge is 2.09. The lowest BCUT2D eigenvalue weighted by atomic mass is 9.98. The van der Waals surface area contributed by atoms with Gasteiger partial charge in [-0.3, -0.25) is 4.90 Å². The lowest BCUT2D eigenvalue weighted by Gasteiger charge is -2.23. The molecular formula is C18H30NO2. The van der Waals surface area contributed by atoms with Crippen LogP contribution in [0.4, 0.5) is 0 Å². The molecule has 0 atom stereocenters. The zero-order valence-corrected chi connectivity index (χ0v) is 14.0. The van der Waals surface area contributed by atoms with E-state index in [0.717, 1.165) is 45.2 Å². The van der Waals surface area contributed by atoms with Crippen LogP contribution in [-0.2, 0) is 22.4 Å². The van der Waals surface area contributed by atoms with Crippen molar-refractivity contribution in [2.75, 3.05) is 40.5 Å². The topological polar surface area (TPSA) is 21.7 Å². The summed E-state index contributed by atoms with van der Waals surface area (Å²) in [6.07, 6.45) is 2.37. The van der Waals surface area contributed by atoms with Gasteiger partial charge >= 0.3 is 0 Å². The minimum Gasteiger partial charge on any atom is -0.383 e. The number of nitrogens with zero attached hydrogens (tertiary/aromatic N) is 1. The summed E-state index contributed by atoms with van der Waals surface area (Å²) >= 11 is 0. The standard InChI is InChI=1S/C18H30NO2/c1-16(2)9-10-17-7-5-6-8-18(17)15-19(11-13-20-3)12-14-21-4/h5,7-8,16H,9-15H2,1-4H3. The SMILES string of the molecule is COCCN(CCOC)Cc1c[c]ccc1CCC(C)C. The van der Waals surface area contributed by atoms with Gasteiger partial charge in [-0.15, -0.1) is 0 Å². The molecule has 0 fully saturated rings. The molecule has 0 aliphatic carbocycles. The molecule has 0 saturated heterocycles. The predicted octanol–water partition coefficient (Wildman–Crippen LogP) is 3.17. The fourth-order valence-electron chi connectivity index (χ4n) is 2.28. The summed E-state index contributed by atoms with van der Waals surface area (Å²) < 4.78 is 10.4. The van der Waals surface area contributed by atoms with Crippen molar-refractivity contribution in [3.8, 4) is 0 Å². The molecule has 0 saturated carbocycles. The third-order valence-corrected chi connectivity index (χ3v) is 3.66. The highest BCUT2D eigenvalue weighted by atomic mass is 16.5. The Labute approximate surface area is 130 Å². The van der Waals surface area contributed by atoms with E-state index >= 15 is 0 Å². The van der Waals surface area contributed by atoms with Crippen LogP contribution in [0, 0.1) is 12.0 Å². The van der Waals surface area contributed by atoms with E-state index in [1.165, 1.54) is 17.5 Å². The summed E-state index contributed by atoms with van der Waals surface area (Å²) in [5.74, 6) is 0.736. The maximum atomic E-state index is 5.21. The molecule has 0 amide bonds. The minimum absolute atomic E-state index is 0.736. The van der Waals surface area contributed by atoms with E-state index in [1.54, 1.807) is 14.2 Å². The van der Waals surface area contributed by atoms with Crippen LogP contribution in [0.3, 0.4) is 0 Å². The first-order chi connectivity index (χ1) is 10.2. The Morgan fingerprint density at radius 1 is 1.10 bits per heavy atom. The monoisotopic (exact) mass is 292 g/mol. The van der Waals surface area contributed by atoms with Gasteiger partial charge < -0.3 is 9.47 Å². The van der Waals surface area contributed by atoms with E-state index < -0.39 is 0 Å². The number of aryl methyl sites for hydroxylation is 1. The van der Waals surface area contributed by atoms with Crippen LogP contribution in [0.25, 0.3) is 0 Å². The summed E-state index contributed by atoms with van der Waals surface area (Å²) in [7, 11) is 3.50. The van der Waals surface area contributed by atoms with Crippen molar-refractivity contribution < 1.29 is 9.47 Å². The second-order valence-corrected chi connectivity index (χ2v) is 5.89. The Balaban J connectivity index is 2.67. The number of rotatable bonds is 11. The van der Waals surface area contributed by atoms with Crippen molar-refractivity contribution in [3.05, 3.63) is 35.4 Å². The van der Waals surface area contributed by atoms with Crippen molar-refractivity contribution in [1.29, 1.82) is 0 Å². The van der Waals surface area contributed by atoms with Crippen LogP contribution in [0.2, 0.25) is 0 Å². The summed E-state index contributed by atoms with van der Waals surface area (Å²) in [5.41, 5.74) is 2.83. The van der Waals surface area contributed by atoms with Crippen LogP contribution in [0.15, 0.2) is 18.2 Å². The highest BCUT2D eigenvalue weighted by molar-refractivity contribution is 5.26. The van der Waals surface area contributed by atoms with E-state index in [-0.39, 0.29) is 0 Å². The fraction of sp³-hybridized carbons (Fsp3) is 0.667. The molecule has 0 heterocycles. The van der Waals surface area contributed by atoms with Crippen molar-refractivity contribution in [3.63, 3.8) is 0 Å². The van der Waals surface area contributed by atoms with Crippen LogP contribution < -0.4 is 0 Å². The Morgan fingerprint density at radius 3 is 2.33 bits per heavy atom. The molecule has 3 heteroatoms. The van der Waals surface area contributed by atoms with Gasteiger partial charge in [0.05, 0.1) is 13.2 Å². The van der Waals surface area contributed by atoms with Crippen LogP contribution in [0.5, 0.6) is 0 Å². The number of ether oxygens (including phenoxy) is 2. The van der Waals surface area contributed by atoms with Crippen molar-refractivity contribution >= 4 is 0 Å². The molecule has 0 aliphatic rings. The van der Waals surface area contributed by atoms with E-state index in [0.29, 0.717) is 0 Å². The van der Waals surface area contributed by atoms with Crippen molar-refractivity contribution in [1.82, 2.24) is 4.90 Å². The van der Waals surface area contributed by atoms with Gasteiger partial charge in [-0.1, -0.05) is 26.0 Å². The molecule has 0 bridgehead atoms. The van der Waals surface area contributed by atoms with Gasteiger partial charge in [0.2, 0.25) is 0 Å². The maximum Gasteiger partial charge on any atom is 0.0589 e. The van der Waals surface area contributed by atoms with Crippen molar-refractivity contribution in [2.24, 2.45) is 5.92 Å². The average molecular weight is 292 g/mol. The lowest BCUT2D eigenvalue weighted by molar-refractivity contribution is 0.110. The Kier molecular flexibility index (Phi) is 9.31. The zero-order chi connectivity index (χ0) is 15.5. The molecular weight excluding hydrogens is 262 g/mol. The van der Waals surface area contributed by atoms with E-state index in [9.17, 15) is 0 Å². The number of hydrogen-bond donors (Lipinski definition) is 0. The Hall–Kier alpha value is -0.900. The molecule has 0 spiro atoms. The fourth-order valence-corrected chi connectivity index (χ4v) is 2.28. The van der Waals surface area contributed by atoms with Crippen LogP contribution >= 0.6 is 0 Å². The smallest absolute Gasteiger partial charge is 0.0589 e. The van der Waals surface area contributed by atoms with E-state index in [2.05, 4.69) is 36.9 Å². The molecule has 1 aromatic carbocycles.